The standard InChI is InChI=1S/C12H17BrN2/c1-9(14-15-12(2,3)4)10-7-5-6-8-11(10)13/h5-8,15H,1-4H3/b14-9+. The zero-order chi connectivity index (χ0) is 11.5. The summed E-state index contributed by atoms with van der Waals surface area (Å²) in [6.45, 7) is 8.26. The van der Waals surface area contributed by atoms with Crippen LogP contribution in [0, 0.1) is 0 Å². The van der Waals surface area contributed by atoms with Crippen molar-refractivity contribution in [1.29, 1.82) is 0 Å². The third-order valence-electron chi connectivity index (χ3n) is 1.82. The van der Waals surface area contributed by atoms with Crippen LogP contribution in [0.1, 0.15) is 33.3 Å². The molecule has 0 spiro atoms. The number of hydrazone groups is 1. The average molecular weight is 269 g/mol. The van der Waals surface area contributed by atoms with E-state index in [0.29, 0.717) is 0 Å². The highest BCUT2D eigenvalue weighted by Crippen LogP contribution is 2.16. The van der Waals surface area contributed by atoms with E-state index in [1.165, 1.54) is 0 Å². The zero-order valence-electron chi connectivity index (χ0n) is 9.63. The van der Waals surface area contributed by atoms with Crippen molar-refractivity contribution >= 4 is 21.6 Å². The number of hydrogen-bond donors (Lipinski definition) is 1. The molecule has 0 aliphatic heterocycles. The van der Waals surface area contributed by atoms with Crippen molar-refractivity contribution in [2.45, 2.75) is 33.2 Å². The molecule has 0 atom stereocenters. The lowest BCUT2D eigenvalue weighted by Gasteiger charge is -2.18. The number of benzene rings is 1. The second-order valence-electron chi connectivity index (χ2n) is 4.54. The van der Waals surface area contributed by atoms with Crippen molar-refractivity contribution in [2.24, 2.45) is 5.10 Å². The minimum Gasteiger partial charge on any atom is -0.305 e. The predicted octanol–water partition coefficient (Wildman–Crippen LogP) is 3.56. The number of nitrogens with one attached hydrogen (secondary N) is 1. The molecule has 1 N–H and O–H groups in total. The van der Waals surface area contributed by atoms with Gasteiger partial charge in [0.25, 0.3) is 0 Å². The van der Waals surface area contributed by atoms with E-state index in [2.05, 4.69) is 47.2 Å². The molecule has 3 heteroatoms. The molecule has 2 nitrogen and oxygen atoms in total. The largest absolute Gasteiger partial charge is 0.305 e. The van der Waals surface area contributed by atoms with Gasteiger partial charge in [-0.05, 0) is 33.8 Å². The van der Waals surface area contributed by atoms with Crippen LogP contribution in [-0.2, 0) is 0 Å². The van der Waals surface area contributed by atoms with Crippen LogP contribution in [0.3, 0.4) is 0 Å². The van der Waals surface area contributed by atoms with Crippen molar-refractivity contribution in [1.82, 2.24) is 5.43 Å². The van der Waals surface area contributed by atoms with Gasteiger partial charge in [0, 0.05) is 15.6 Å². The Hall–Kier alpha value is -0.830. The van der Waals surface area contributed by atoms with E-state index in [4.69, 9.17) is 0 Å². The summed E-state index contributed by atoms with van der Waals surface area (Å²) in [6.07, 6.45) is 0. The SMILES string of the molecule is C/C(=N\NC(C)(C)C)c1ccccc1Br. The summed E-state index contributed by atoms with van der Waals surface area (Å²) in [7, 11) is 0. The summed E-state index contributed by atoms with van der Waals surface area (Å²) in [5.41, 5.74) is 5.22. The minimum absolute atomic E-state index is 0.00250. The fourth-order valence-corrected chi connectivity index (χ4v) is 1.64. The summed E-state index contributed by atoms with van der Waals surface area (Å²) in [4.78, 5) is 0. The van der Waals surface area contributed by atoms with E-state index in [1.807, 2.05) is 31.2 Å². The van der Waals surface area contributed by atoms with Crippen molar-refractivity contribution in [2.75, 3.05) is 0 Å². The maximum Gasteiger partial charge on any atom is 0.0655 e. The normalized spacial score (nSPS) is 12.7. The Kier molecular flexibility index (Phi) is 3.91. The van der Waals surface area contributed by atoms with Crippen molar-refractivity contribution in [3.63, 3.8) is 0 Å². The third kappa shape index (κ3) is 4.04. The smallest absolute Gasteiger partial charge is 0.0655 e. The van der Waals surface area contributed by atoms with E-state index in [9.17, 15) is 0 Å². The van der Waals surface area contributed by atoms with Gasteiger partial charge < -0.3 is 5.43 Å². The Morgan fingerprint density at radius 1 is 1.27 bits per heavy atom. The monoisotopic (exact) mass is 268 g/mol. The van der Waals surface area contributed by atoms with Crippen molar-refractivity contribution in [3.05, 3.63) is 34.3 Å². The molecule has 1 aromatic carbocycles. The molecular weight excluding hydrogens is 252 g/mol. The van der Waals surface area contributed by atoms with Gasteiger partial charge in [0.05, 0.1) is 5.71 Å². The van der Waals surface area contributed by atoms with E-state index in [0.717, 1.165) is 15.7 Å². The molecule has 0 saturated heterocycles. The summed E-state index contributed by atoms with van der Waals surface area (Å²) in [5, 5.41) is 4.36. The lowest BCUT2D eigenvalue weighted by atomic mass is 10.1. The molecule has 1 aromatic rings. The first kappa shape index (κ1) is 12.2. The highest BCUT2D eigenvalue weighted by molar-refractivity contribution is 9.10. The molecule has 0 aliphatic rings. The summed E-state index contributed by atoms with van der Waals surface area (Å²) in [6, 6.07) is 8.08. The van der Waals surface area contributed by atoms with Crippen LogP contribution in [0.2, 0.25) is 0 Å². The molecule has 0 radical (unpaired) electrons. The van der Waals surface area contributed by atoms with Gasteiger partial charge in [0.1, 0.15) is 0 Å². The number of halogens is 1. The first-order valence-corrected chi connectivity index (χ1v) is 5.76. The molecule has 82 valence electrons. The first-order valence-electron chi connectivity index (χ1n) is 4.96. The van der Waals surface area contributed by atoms with E-state index >= 15 is 0 Å². The molecule has 0 bridgehead atoms. The predicted molar refractivity (Wildman–Crippen MR) is 69.2 cm³/mol. The lowest BCUT2D eigenvalue weighted by Crippen LogP contribution is -2.32. The second kappa shape index (κ2) is 4.79. The summed E-state index contributed by atoms with van der Waals surface area (Å²) >= 11 is 3.51. The van der Waals surface area contributed by atoms with Gasteiger partial charge in [-0.2, -0.15) is 5.10 Å². The van der Waals surface area contributed by atoms with Gasteiger partial charge in [0.15, 0.2) is 0 Å². The minimum atomic E-state index is 0.00250. The van der Waals surface area contributed by atoms with Crippen LogP contribution < -0.4 is 5.43 Å². The van der Waals surface area contributed by atoms with Crippen LogP contribution in [0.4, 0.5) is 0 Å². The van der Waals surface area contributed by atoms with Gasteiger partial charge in [-0.3, -0.25) is 0 Å². The second-order valence-corrected chi connectivity index (χ2v) is 5.39. The van der Waals surface area contributed by atoms with Crippen LogP contribution >= 0.6 is 15.9 Å². The van der Waals surface area contributed by atoms with Crippen LogP contribution in [-0.4, -0.2) is 11.3 Å². The Balaban J connectivity index is 2.85. The fourth-order valence-electron chi connectivity index (χ4n) is 1.07. The highest BCUT2D eigenvalue weighted by atomic mass is 79.9. The average Bonchev–Trinajstić information content (AvgIpc) is 2.14. The van der Waals surface area contributed by atoms with Gasteiger partial charge >= 0.3 is 0 Å². The lowest BCUT2D eigenvalue weighted by molar-refractivity contribution is 0.441. The molecule has 0 amide bonds. The Labute approximate surface area is 99.9 Å². The summed E-state index contributed by atoms with van der Waals surface area (Å²) in [5.74, 6) is 0. The maximum absolute atomic E-state index is 4.36. The van der Waals surface area contributed by atoms with Crippen LogP contribution in [0.5, 0.6) is 0 Å². The molecule has 0 aromatic heterocycles. The van der Waals surface area contributed by atoms with Gasteiger partial charge in [-0.1, -0.05) is 34.1 Å². The van der Waals surface area contributed by atoms with Crippen molar-refractivity contribution < 1.29 is 0 Å². The molecular formula is C12H17BrN2. The molecule has 1 rings (SSSR count). The maximum atomic E-state index is 4.36. The van der Waals surface area contributed by atoms with Crippen LogP contribution in [0.15, 0.2) is 33.8 Å². The molecule has 0 heterocycles. The highest BCUT2D eigenvalue weighted by Gasteiger charge is 2.08. The Bertz CT molecular complexity index is 364. The third-order valence-corrected chi connectivity index (χ3v) is 2.51. The molecule has 0 fully saturated rings. The Morgan fingerprint density at radius 2 is 1.87 bits per heavy atom. The van der Waals surface area contributed by atoms with E-state index in [1.54, 1.807) is 0 Å². The topological polar surface area (TPSA) is 24.4 Å². The van der Waals surface area contributed by atoms with Gasteiger partial charge in [0.2, 0.25) is 0 Å². The first-order chi connectivity index (χ1) is 6.90. The van der Waals surface area contributed by atoms with Gasteiger partial charge in [-0.15, -0.1) is 0 Å². The Morgan fingerprint density at radius 3 is 2.40 bits per heavy atom. The summed E-state index contributed by atoms with van der Waals surface area (Å²) < 4.78 is 1.07. The molecule has 0 unspecified atom stereocenters. The van der Waals surface area contributed by atoms with E-state index < -0.39 is 0 Å². The molecule has 15 heavy (non-hydrogen) atoms. The molecule has 0 aliphatic carbocycles. The van der Waals surface area contributed by atoms with Gasteiger partial charge in [-0.25, -0.2) is 0 Å². The fraction of sp³-hybridized carbons (Fsp3) is 0.417. The number of hydrogen-bond acceptors (Lipinski definition) is 2. The van der Waals surface area contributed by atoms with Crippen molar-refractivity contribution in [3.8, 4) is 0 Å². The zero-order valence-corrected chi connectivity index (χ0v) is 11.2. The van der Waals surface area contributed by atoms with Crippen LogP contribution in [0.25, 0.3) is 0 Å². The number of rotatable bonds is 2. The van der Waals surface area contributed by atoms with E-state index in [-0.39, 0.29) is 5.54 Å². The number of nitrogens with zero attached hydrogens (tertiary/aromatic N) is 1. The quantitative estimate of drug-likeness (QED) is 0.644. The molecule has 0 saturated carbocycles.